The summed E-state index contributed by atoms with van der Waals surface area (Å²) < 4.78 is 12.3. The van der Waals surface area contributed by atoms with Crippen LogP contribution in [0.1, 0.15) is 75.1 Å². The summed E-state index contributed by atoms with van der Waals surface area (Å²) in [5, 5.41) is 85.9. The van der Waals surface area contributed by atoms with Gasteiger partial charge in [0.1, 0.15) is 51.4 Å². The number of Topliss-reactive ketones (excluding diaryl/α,β-unsaturated/α-hetero) is 4. The van der Waals surface area contributed by atoms with Crippen LogP contribution in [0.4, 0.5) is 0 Å². The number of methoxy groups -OCH3 is 1. The van der Waals surface area contributed by atoms with Gasteiger partial charge >= 0.3 is 0 Å². The maximum atomic E-state index is 15.1. The number of hydrogen-bond acceptors (Lipinski definition) is 19. The van der Waals surface area contributed by atoms with Gasteiger partial charge in [0.25, 0.3) is 11.8 Å². The van der Waals surface area contributed by atoms with Crippen molar-refractivity contribution in [2.45, 2.75) is 81.3 Å². The van der Waals surface area contributed by atoms with Crippen LogP contribution >= 0.6 is 0 Å². The van der Waals surface area contributed by atoms with Gasteiger partial charge in [-0.2, -0.15) is 0 Å². The first-order chi connectivity index (χ1) is 40.4. The molecule has 0 aromatic heterocycles. The fraction of sp³-hybridized carbons (Fsp3) is 0.406. The number of carbonyl (C=O) groups excluding carboxylic acids is 6. The molecule has 7 aliphatic rings. The minimum Gasteiger partial charge on any atom is -0.510 e. The fourth-order valence-corrected chi connectivity index (χ4v) is 14.9. The van der Waals surface area contributed by atoms with Crippen LogP contribution in [-0.2, 0) is 49.8 Å². The molecule has 21 heteroatoms. The molecule has 4 aromatic rings. The number of hydrogen-bond donors (Lipinski definition) is 10. The number of likely N-dealkylation sites (N-methyl/N-ethyl adjacent to an activating group) is 2. The van der Waals surface area contributed by atoms with Crippen molar-refractivity contribution in [2.24, 2.45) is 35.1 Å². The Balaban J connectivity index is 0.860. The van der Waals surface area contributed by atoms with Crippen molar-refractivity contribution in [3.8, 4) is 39.5 Å². The average molecular weight is 1160 g/mol. The zero-order chi connectivity index (χ0) is 60.9. The fourth-order valence-electron chi connectivity index (χ4n) is 14.9. The van der Waals surface area contributed by atoms with E-state index in [0.717, 1.165) is 41.9 Å². The number of aromatic hydroxyl groups is 2. The van der Waals surface area contributed by atoms with Gasteiger partial charge in [0.05, 0.1) is 36.9 Å². The van der Waals surface area contributed by atoms with Crippen molar-refractivity contribution in [3.63, 3.8) is 0 Å². The van der Waals surface area contributed by atoms with Gasteiger partial charge in [0, 0.05) is 41.6 Å². The average Bonchev–Trinajstić information content (AvgIpc) is 1.54. The summed E-state index contributed by atoms with van der Waals surface area (Å²) in [6, 6.07) is 17.5. The molecular formula is C64H70N6O15. The van der Waals surface area contributed by atoms with Crippen LogP contribution in [-0.4, -0.2) is 170 Å². The Bertz CT molecular complexity index is 3670. The summed E-state index contributed by atoms with van der Waals surface area (Å²) in [6.07, 6.45) is 2.75. The van der Waals surface area contributed by atoms with E-state index in [1.807, 2.05) is 24.3 Å². The molecule has 1 unspecified atom stereocenters. The number of aliphatic hydroxyl groups is 5. The van der Waals surface area contributed by atoms with Crippen LogP contribution in [0.5, 0.6) is 17.2 Å². The summed E-state index contributed by atoms with van der Waals surface area (Å²) >= 11 is 0. The largest absolute Gasteiger partial charge is 0.510 e. The number of allylic oxidation sites excluding steroid dienone is 2. The molecule has 0 radical (unpaired) electrons. The van der Waals surface area contributed by atoms with Crippen molar-refractivity contribution in [1.82, 2.24) is 20.0 Å². The van der Waals surface area contributed by atoms with Gasteiger partial charge < -0.3 is 62.0 Å². The molecule has 446 valence electrons. The Hall–Kier alpha value is -8.18. The van der Waals surface area contributed by atoms with Gasteiger partial charge in [-0.05, 0) is 168 Å². The second-order valence-electron chi connectivity index (χ2n) is 24.0. The van der Waals surface area contributed by atoms with Crippen molar-refractivity contribution >= 4 is 34.9 Å². The van der Waals surface area contributed by atoms with E-state index >= 15 is 4.79 Å². The summed E-state index contributed by atoms with van der Waals surface area (Å²) in [6.45, 7) is 3.31. The summed E-state index contributed by atoms with van der Waals surface area (Å²) in [4.78, 5) is 89.1. The van der Waals surface area contributed by atoms with E-state index in [2.05, 4.69) is 22.3 Å². The summed E-state index contributed by atoms with van der Waals surface area (Å²) in [5.74, 6) is -13.3. The second kappa shape index (κ2) is 22.0. The third-order valence-corrected chi connectivity index (χ3v) is 18.7. The first-order valence-electron chi connectivity index (χ1n) is 28.6. The number of nitrogens with zero attached hydrogens (tertiary/aromatic N) is 3. The highest BCUT2D eigenvalue weighted by Gasteiger charge is 2.65. The molecule has 2 amide bonds. The Labute approximate surface area is 490 Å². The number of primary amides is 2. The number of phenols is 2. The number of ketones is 4. The van der Waals surface area contributed by atoms with Crippen LogP contribution in [0.2, 0.25) is 0 Å². The number of amides is 2. The minimum atomic E-state index is -2.80. The zero-order valence-electron chi connectivity index (χ0n) is 47.9. The molecule has 12 N–H and O–H groups in total. The Morgan fingerprint density at radius 1 is 0.671 bits per heavy atom. The zero-order valence-corrected chi connectivity index (χ0v) is 47.9. The quantitative estimate of drug-likeness (QED) is 0.0557. The Morgan fingerprint density at radius 3 is 1.75 bits per heavy atom. The van der Waals surface area contributed by atoms with Crippen LogP contribution in [0.25, 0.3) is 22.3 Å². The normalized spacial score (nSPS) is 26.6. The standard InChI is InChI=1S/C64H70N6O15/c1-68(2)51-40-26-33-24-39-36(15-17-43(72)48(39)53(73)45(33)57(77)63(40,82)58(78)49(55(51)75)61(65)80)37-23-31(11-18-44(37)84-5)28-67-19-8-22-85-60-46-34(27-41-52(69(3)4)56(76)50(62(66)81)59(79)64(41,60)83)25-38-35(14-16-42(71)47(38)54(46)74)32-12-9-30(10-13-32)29-70-20-6-7-21-70/h9-18,23,33-34,40-41,51-52,67,71-72,75-77,82-83H,6-8,19-22,24-29H2,1-5H3,(H2,65,80)(H2,66,81)/t33-,34-,40-,41-,51-,52?,63-,64+/m0/s1. The van der Waals surface area contributed by atoms with Crippen molar-refractivity contribution in [2.75, 3.05) is 61.5 Å². The Morgan fingerprint density at radius 2 is 1.19 bits per heavy atom. The number of phenolic OH excluding ortho intramolecular Hbond substituents is 2. The third-order valence-electron chi connectivity index (χ3n) is 18.7. The van der Waals surface area contributed by atoms with E-state index in [9.17, 15) is 59.7 Å². The maximum Gasteiger partial charge on any atom is 0.255 e. The number of carbonyl (C=O) groups is 6. The first kappa shape index (κ1) is 58.6. The molecule has 85 heavy (non-hydrogen) atoms. The molecule has 6 aliphatic carbocycles. The van der Waals surface area contributed by atoms with Crippen LogP contribution in [0.3, 0.4) is 0 Å². The highest BCUT2D eigenvalue weighted by molar-refractivity contribution is 6.26. The molecule has 1 aliphatic heterocycles. The maximum absolute atomic E-state index is 15.1. The van der Waals surface area contributed by atoms with E-state index < -0.39 is 116 Å². The minimum absolute atomic E-state index is 0.0111. The monoisotopic (exact) mass is 1160 g/mol. The molecule has 21 nitrogen and oxygen atoms in total. The van der Waals surface area contributed by atoms with Gasteiger partial charge in [-0.25, -0.2) is 0 Å². The second-order valence-corrected chi connectivity index (χ2v) is 24.0. The lowest BCUT2D eigenvalue weighted by atomic mass is 9.58. The molecule has 1 saturated heterocycles. The van der Waals surface area contributed by atoms with Gasteiger partial charge in [-0.3, -0.25) is 43.5 Å². The molecule has 0 spiro atoms. The van der Waals surface area contributed by atoms with E-state index in [4.69, 9.17) is 20.9 Å². The highest BCUT2D eigenvalue weighted by atomic mass is 16.5. The molecule has 1 heterocycles. The number of likely N-dealkylation sites (tertiary alicyclic amines) is 1. The van der Waals surface area contributed by atoms with E-state index in [1.165, 1.54) is 37.0 Å². The van der Waals surface area contributed by atoms with Crippen molar-refractivity contribution < 1.29 is 74.0 Å². The number of fused-ring (bicyclic) bond motifs is 6. The van der Waals surface area contributed by atoms with Gasteiger partial charge in [0.2, 0.25) is 11.6 Å². The molecule has 8 atom stereocenters. The van der Waals surface area contributed by atoms with Gasteiger partial charge in [-0.1, -0.05) is 42.5 Å². The molecule has 0 bridgehead atoms. The smallest absolute Gasteiger partial charge is 0.255 e. The van der Waals surface area contributed by atoms with Crippen LogP contribution in [0.15, 0.2) is 112 Å². The number of ether oxygens (including phenoxy) is 2. The predicted octanol–water partition coefficient (Wildman–Crippen LogP) is 4.13. The lowest BCUT2D eigenvalue weighted by Crippen LogP contribution is -2.64. The van der Waals surface area contributed by atoms with Gasteiger partial charge in [0.15, 0.2) is 22.8 Å². The third kappa shape index (κ3) is 9.30. The van der Waals surface area contributed by atoms with E-state index in [0.29, 0.717) is 28.0 Å². The van der Waals surface area contributed by atoms with Crippen LogP contribution < -0.4 is 21.5 Å². The lowest BCUT2D eigenvalue weighted by molar-refractivity contribution is -0.150. The van der Waals surface area contributed by atoms with Gasteiger partial charge in [-0.15, -0.1) is 0 Å². The van der Waals surface area contributed by atoms with Crippen molar-refractivity contribution in [1.29, 1.82) is 0 Å². The number of benzene rings is 4. The molecule has 1 fully saturated rings. The number of rotatable bonds is 16. The van der Waals surface area contributed by atoms with Crippen molar-refractivity contribution in [3.05, 3.63) is 145 Å². The number of nitrogens with one attached hydrogen (secondary N) is 1. The molecular weight excluding hydrogens is 1090 g/mol. The number of nitrogens with two attached hydrogens (primary N) is 2. The number of aliphatic hydroxyl groups excluding tert-OH is 3. The summed E-state index contributed by atoms with van der Waals surface area (Å²) in [7, 11) is 7.85. The molecule has 0 saturated carbocycles. The lowest BCUT2D eigenvalue weighted by Gasteiger charge is -2.51. The van der Waals surface area contributed by atoms with E-state index in [1.54, 1.807) is 51.3 Å². The summed E-state index contributed by atoms with van der Waals surface area (Å²) in [5.41, 5.74) is 9.15. The Kier molecular flexibility index (Phi) is 15.2. The molecule has 11 rings (SSSR count). The van der Waals surface area contributed by atoms with E-state index in [-0.39, 0.29) is 85.6 Å². The van der Waals surface area contributed by atoms with Crippen LogP contribution in [0, 0.1) is 23.7 Å². The molecule has 4 aromatic carbocycles. The first-order valence-corrected chi connectivity index (χ1v) is 28.6. The topological polar surface area (TPSA) is 336 Å². The highest BCUT2D eigenvalue weighted by Crippen LogP contribution is 2.56. The SMILES string of the molecule is COc1ccc(CNCCCOC2=C3C(=O)c4c(O)ccc(-c5ccc(CN6CCCC6)cc5)c4C[C@H]3C[C@H]3C(N(C)C)C(O)=C(C(N)=O)C(=O)[C@@]23O)cc1-c1ccc(O)c2c1C[C@H]1C[C@H]3[C@H](N(C)C)C(O)=C(C(N)=O)C(=O)[C@@]3(O)C(O)=C1C2=O. The predicted molar refractivity (Wildman–Crippen MR) is 309 cm³/mol.